The molecule has 110 valence electrons. The number of benzene rings is 2. The smallest absolute Gasteiger partial charge is 0.269 e. The van der Waals surface area contributed by atoms with Crippen LogP contribution in [0.25, 0.3) is 10.9 Å². The van der Waals surface area contributed by atoms with Crippen LogP contribution >= 0.6 is 0 Å². The Kier molecular flexibility index (Phi) is 3.52. The lowest BCUT2D eigenvalue weighted by atomic mass is 10.0. The average Bonchev–Trinajstić information content (AvgIpc) is 2.53. The second-order valence-corrected chi connectivity index (χ2v) is 5.00. The molecule has 0 amide bonds. The zero-order valence-corrected chi connectivity index (χ0v) is 11.9. The molecule has 1 atom stereocenters. The van der Waals surface area contributed by atoms with Crippen LogP contribution in [-0.4, -0.2) is 14.9 Å². The van der Waals surface area contributed by atoms with Gasteiger partial charge in [-0.05, 0) is 18.6 Å². The van der Waals surface area contributed by atoms with Gasteiger partial charge in [-0.2, -0.15) is 0 Å². The largest absolute Gasteiger partial charge is 0.319 e. The number of nitrogens with two attached hydrogens (primary N) is 1. The van der Waals surface area contributed by atoms with Crippen LogP contribution in [0, 0.1) is 17.0 Å². The summed E-state index contributed by atoms with van der Waals surface area (Å²) >= 11 is 0. The van der Waals surface area contributed by atoms with Crippen molar-refractivity contribution in [2.75, 3.05) is 0 Å². The highest BCUT2D eigenvalue weighted by atomic mass is 16.6. The standard InChI is InChI=1S/C16H14N4O2/c1-10-18-14-5-3-2-4-13(14)16(19-10)15(17)11-6-8-12(9-7-11)20(21)22/h2-9,15H,17H2,1H3. The second-order valence-electron chi connectivity index (χ2n) is 5.00. The number of aromatic nitrogens is 2. The number of rotatable bonds is 3. The Morgan fingerprint density at radius 3 is 2.45 bits per heavy atom. The molecule has 0 fully saturated rings. The van der Waals surface area contributed by atoms with E-state index in [2.05, 4.69) is 9.97 Å². The highest BCUT2D eigenvalue weighted by Gasteiger charge is 2.16. The molecule has 0 saturated carbocycles. The summed E-state index contributed by atoms with van der Waals surface area (Å²) < 4.78 is 0. The predicted octanol–water partition coefficient (Wildman–Crippen LogP) is 2.89. The van der Waals surface area contributed by atoms with Crippen LogP contribution in [0.1, 0.15) is 23.1 Å². The summed E-state index contributed by atoms with van der Waals surface area (Å²) in [7, 11) is 0. The molecule has 6 heteroatoms. The van der Waals surface area contributed by atoms with E-state index in [4.69, 9.17) is 5.73 Å². The molecule has 2 N–H and O–H groups in total. The molecule has 0 saturated heterocycles. The molecule has 1 aromatic heterocycles. The van der Waals surface area contributed by atoms with E-state index in [-0.39, 0.29) is 5.69 Å². The van der Waals surface area contributed by atoms with Gasteiger partial charge in [0.25, 0.3) is 5.69 Å². The molecule has 22 heavy (non-hydrogen) atoms. The third-order valence-corrected chi connectivity index (χ3v) is 3.50. The second kappa shape index (κ2) is 5.50. The molecule has 3 rings (SSSR count). The summed E-state index contributed by atoms with van der Waals surface area (Å²) in [6, 6.07) is 13.4. The van der Waals surface area contributed by atoms with Gasteiger partial charge >= 0.3 is 0 Å². The van der Waals surface area contributed by atoms with Gasteiger partial charge < -0.3 is 5.73 Å². The van der Waals surface area contributed by atoms with Crippen molar-refractivity contribution >= 4 is 16.6 Å². The van der Waals surface area contributed by atoms with E-state index in [9.17, 15) is 10.1 Å². The first-order valence-corrected chi connectivity index (χ1v) is 6.79. The normalized spacial score (nSPS) is 12.3. The summed E-state index contributed by atoms with van der Waals surface area (Å²) in [5.74, 6) is 0.645. The van der Waals surface area contributed by atoms with E-state index in [0.717, 1.165) is 22.2 Å². The minimum absolute atomic E-state index is 0.0414. The fourth-order valence-electron chi connectivity index (χ4n) is 2.42. The SMILES string of the molecule is Cc1nc(C(N)c2ccc([N+](=O)[O-])cc2)c2ccccc2n1. The lowest BCUT2D eigenvalue weighted by Crippen LogP contribution is -2.15. The first-order chi connectivity index (χ1) is 10.6. The molecule has 1 unspecified atom stereocenters. The summed E-state index contributed by atoms with van der Waals surface area (Å²) in [6.07, 6.45) is 0. The number of hydrogen-bond donors (Lipinski definition) is 1. The summed E-state index contributed by atoms with van der Waals surface area (Å²) in [5.41, 5.74) is 8.69. The van der Waals surface area contributed by atoms with E-state index in [1.165, 1.54) is 12.1 Å². The maximum Gasteiger partial charge on any atom is 0.269 e. The number of fused-ring (bicyclic) bond motifs is 1. The number of aryl methyl sites for hydroxylation is 1. The van der Waals surface area contributed by atoms with Gasteiger partial charge in [0.2, 0.25) is 0 Å². The number of nitro benzene ring substituents is 1. The number of nitrogens with zero attached hydrogens (tertiary/aromatic N) is 3. The molecule has 3 aromatic rings. The zero-order valence-electron chi connectivity index (χ0n) is 11.9. The fourth-order valence-corrected chi connectivity index (χ4v) is 2.42. The lowest BCUT2D eigenvalue weighted by molar-refractivity contribution is -0.384. The third-order valence-electron chi connectivity index (χ3n) is 3.50. The molecular weight excluding hydrogens is 280 g/mol. The molecule has 0 bridgehead atoms. The molecule has 0 aliphatic rings. The molecular formula is C16H14N4O2. The van der Waals surface area contributed by atoms with Crippen LogP contribution in [0.5, 0.6) is 0 Å². The summed E-state index contributed by atoms with van der Waals surface area (Å²) in [5, 5.41) is 11.6. The Morgan fingerprint density at radius 1 is 1.09 bits per heavy atom. The number of para-hydroxylation sites is 1. The number of nitro groups is 1. The molecule has 2 aromatic carbocycles. The van der Waals surface area contributed by atoms with Crippen molar-refractivity contribution in [3.63, 3.8) is 0 Å². The Morgan fingerprint density at radius 2 is 1.77 bits per heavy atom. The molecule has 0 aliphatic carbocycles. The van der Waals surface area contributed by atoms with Crippen molar-refractivity contribution < 1.29 is 4.92 Å². The predicted molar refractivity (Wildman–Crippen MR) is 83.4 cm³/mol. The molecule has 0 aliphatic heterocycles. The van der Waals surface area contributed by atoms with Gasteiger partial charge in [0, 0.05) is 17.5 Å². The van der Waals surface area contributed by atoms with Crippen molar-refractivity contribution in [2.45, 2.75) is 13.0 Å². The Balaban J connectivity index is 2.08. The van der Waals surface area contributed by atoms with Crippen LogP contribution in [0.3, 0.4) is 0 Å². The van der Waals surface area contributed by atoms with Gasteiger partial charge in [0.05, 0.1) is 22.2 Å². The Bertz CT molecular complexity index is 846. The van der Waals surface area contributed by atoms with E-state index < -0.39 is 11.0 Å². The van der Waals surface area contributed by atoms with Crippen LogP contribution in [0.4, 0.5) is 5.69 Å². The van der Waals surface area contributed by atoms with E-state index in [1.54, 1.807) is 12.1 Å². The summed E-state index contributed by atoms with van der Waals surface area (Å²) in [6.45, 7) is 1.82. The third kappa shape index (κ3) is 2.51. The van der Waals surface area contributed by atoms with E-state index >= 15 is 0 Å². The maximum atomic E-state index is 10.7. The maximum absolute atomic E-state index is 10.7. The first-order valence-electron chi connectivity index (χ1n) is 6.79. The van der Waals surface area contributed by atoms with Gasteiger partial charge in [-0.1, -0.05) is 30.3 Å². The van der Waals surface area contributed by atoms with Gasteiger partial charge in [-0.15, -0.1) is 0 Å². The van der Waals surface area contributed by atoms with Gasteiger partial charge in [-0.3, -0.25) is 10.1 Å². The van der Waals surface area contributed by atoms with E-state index in [0.29, 0.717) is 5.82 Å². The van der Waals surface area contributed by atoms with Crippen molar-refractivity contribution in [3.05, 3.63) is 75.7 Å². The first kappa shape index (κ1) is 14.1. The van der Waals surface area contributed by atoms with E-state index in [1.807, 2.05) is 31.2 Å². The van der Waals surface area contributed by atoms with Crippen LogP contribution in [0.2, 0.25) is 0 Å². The number of hydrogen-bond acceptors (Lipinski definition) is 5. The molecule has 0 radical (unpaired) electrons. The minimum atomic E-state index is -0.465. The quantitative estimate of drug-likeness (QED) is 0.592. The summed E-state index contributed by atoms with van der Waals surface area (Å²) in [4.78, 5) is 19.2. The Hall–Kier alpha value is -2.86. The van der Waals surface area contributed by atoms with Crippen molar-refractivity contribution in [3.8, 4) is 0 Å². The van der Waals surface area contributed by atoms with Gasteiger partial charge in [0.1, 0.15) is 5.82 Å². The number of non-ortho nitro benzene ring substituents is 1. The Labute approximate surface area is 126 Å². The monoisotopic (exact) mass is 294 g/mol. The van der Waals surface area contributed by atoms with Gasteiger partial charge in [-0.25, -0.2) is 9.97 Å². The van der Waals surface area contributed by atoms with Crippen LogP contribution in [0.15, 0.2) is 48.5 Å². The topological polar surface area (TPSA) is 94.9 Å². The average molecular weight is 294 g/mol. The van der Waals surface area contributed by atoms with Gasteiger partial charge in [0.15, 0.2) is 0 Å². The fraction of sp³-hybridized carbons (Fsp3) is 0.125. The highest BCUT2D eigenvalue weighted by Crippen LogP contribution is 2.26. The molecule has 6 nitrogen and oxygen atoms in total. The van der Waals surface area contributed by atoms with Crippen molar-refractivity contribution in [2.24, 2.45) is 5.73 Å². The van der Waals surface area contributed by atoms with Crippen LogP contribution in [-0.2, 0) is 0 Å². The zero-order chi connectivity index (χ0) is 15.7. The molecule has 0 spiro atoms. The van der Waals surface area contributed by atoms with Crippen molar-refractivity contribution in [1.82, 2.24) is 9.97 Å². The lowest BCUT2D eigenvalue weighted by Gasteiger charge is -2.14. The molecule has 1 heterocycles. The van der Waals surface area contributed by atoms with Crippen LogP contribution < -0.4 is 5.73 Å². The van der Waals surface area contributed by atoms with Crippen molar-refractivity contribution in [1.29, 1.82) is 0 Å². The highest BCUT2D eigenvalue weighted by molar-refractivity contribution is 5.81. The minimum Gasteiger partial charge on any atom is -0.319 e.